The van der Waals surface area contributed by atoms with E-state index in [9.17, 15) is 17.6 Å². The van der Waals surface area contributed by atoms with Gasteiger partial charge in [0.15, 0.2) is 15.9 Å². The Morgan fingerprint density at radius 3 is 2.57 bits per heavy atom. The second-order valence-corrected chi connectivity index (χ2v) is 8.27. The molecule has 1 unspecified atom stereocenters. The number of ether oxygens (including phenoxy) is 3. The highest BCUT2D eigenvalue weighted by atomic mass is 32.2. The van der Waals surface area contributed by atoms with Gasteiger partial charge in [-0.25, -0.2) is 17.6 Å². The summed E-state index contributed by atoms with van der Waals surface area (Å²) in [4.78, 5) is 12.7. The highest BCUT2D eigenvalue weighted by Gasteiger charge is 2.27. The number of hydrogen-bond donors (Lipinski definition) is 2. The first-order valence-electron chi connectivity index (χ1n) is 9.05. The van der Waals surface area contributed by atoms with Gasteiger partial charge in [-0.15, -0.1) is 0 Å². The van der Waals surface area contributed by atoms with E-state index in [1.54, 1.807) is 6.92 Å². The van der Waals surface area contributed by atoms with E-state index in [2.05, 4.69) is 5.32 Å². The van der Waals surface area contributed by atoms with Crippen LogP contribution in [0.25, 0.3) is 0 Å². The van der Waals surface area contributed by atoms with Gasteiger partial charge in [0.25, 0.3) is 0 Å². The van der Waals surface area contributed by atoms with Crippen molar-refractivity contribution in [1.29, 1.82) is 0 Å². The van der Waals surface area contributed by atoms with Crippen LogP contribution < -0.4 is 14.8 Å². The van der Waals surface area contributed by atoms with Crippen LogP contribution in [-0.2, 0) is 19.4 Å². The Balaban J connectivity index is 2.54. The number of sulfone groups is 1. The summed E-state index contributed by atoms with van der Waals surface area (Å²) in [6, 6.07) is 6.68. The van der Waals surface area contributed by atoms with Crippen molar-refractivity contribution in [3.8, 4) is 11.5 Å². The molecule has 2 aromatic carbocycles. The number of aliphatic hydroxyl groups excluding tert-OH is 1. The SMILES string of the molecule is CCOC(=O)C(Nc1cc(OC)cc(S(C)(=O)=O)c1)c1ccc(F)cc1OCCO. The lowest BCUT2D eigenvalue weighted by Gasteiger charge is -2.22. The van der Waals surface area contributed by atoms with E-state index in [0.717, 1.165) is 18.4 Å². The Hall–Kier alpha value is -2.85. The van der Waals surface area contributed by atoms with Crippen molar-refractivity contribution in [3.05, 3.63) is 47.8 Å². The van der Waals surface area contributed by atoms with E-state index in [1.165, 1.54) is 31.4 Å². The van der Waals surface area contributed by atoms with Crippen LogP contribution in [0.5, 0.6) is 11.5 Å². The van der Waals surface area contributed by atoms with E-state index >= 15 is 0 Å². The Morgan fingerprint density at radius 1 is 1.23 bits per heavy atom. The van der Waals surface area contributed by atoms with Crippen LogP contribution in [0.3, 0.4) is 0 Å². The van der Waals surface area contributed by atoms with Crippen LogP contribution in [-0.4, -0.2) is 52.7 Å². The highest BCUT2D eigenvalue weighted by Crippen LogP contribution is 2.32. The Bertz CT molecular complexity index is 995. The molecule has 0 heterocycles. The molecule has 30 heavy (non-hydrogen) atoms. The minimum atomic E-state index is -3.55. The van der Waals surface area contributed by atoms with Crippen molar-refractivity contribution < 1.29 is 36.9 Å². The molecule has 0 amide bonds. The van der Waals surface area contributed by atoms with Gasteiger partial charge in [0.1, 0.15) is 23.9 Å². The van der Waals surface area contributed by atoms with Gasteiger partial charge in [-0.1, -0.05) is 0 Å². The normalized spacial score (nSPS) is 12.2. The molecular formula is C20H24FNO7S. The first kappa shape index (κ1) is 23.4. The summed E-state index contributed by atoms with van der Waals surface area (Å²) in [7, 11) is -2.17. The molecule has 0 bridgehead atoms. The molecule has 2 aromatic rings. The summed E-state index contributed by atoms with van der Waals surface area (Å²) in [5, 5.41) is 11.9. The number of halogens is 1. The molecule has 164 valence electrons. The monoisotopic (exact) mass is 441 g/mol. The summed E-state index contributed by atoms with van der Waals surface area (Å²) < 4.78 is 53.4. The fraction of sp³-hybridized carbons (Fsp3) is 0.350. The minimum Gasteiger partial charge on any atom is -0.497 e. The number of anilines is 1. The molecule has 0 fully saturated rings. The zero-order valence-corrected chi connectivity index (χ0v) is 17.7. The molecule has 0 aliphatic heterocycles. The Kier molecular flexibility index (Phi) is 8.01. The fourth-order valence-corrected chi connectivity index (χ4v) is 3.34. The number of aliphatic hydroxyl groups is 1. The van der Waals surface area contributed by atoms with Gasteiger partial charge in [-0.3, -0.25) is 0 Å². The topological polar surface area (TPSA) is 111 Å². The van der Waals surface area contributed by atoms with Crippen LogP contribution in [0.1, 0.15) is 18.5 Å². The maximum atomic E-state index is 13.7. The summed E-state index contributed by atoms with van der Waals surface area (Å²) in [6.45, 7) is 1.32. The lowest BCUT2D eigenvalue weighted by Crippen LogP contribution is -2.24. The molecule has 0 radical (unpaired) electrons. The van der Waals surface area contributed by atoms with E-state index in [4.69, 9.17) is 19.3 Å². The number of rotatable bonds is 10. The van der Waals surface area contributed by atoms with Gasteiger partial charge in [-0.05, 0) is 31.2 Å². The van der Waals surface area contributed by atoms with Crippen molar-refractivity contribution in [1.82, 2.24) is 0 Å². The predicted molar refractivity (Wildman–Crippen MR) is 108 cm³/mol. The van der Waals surface area contributed by atoms with Crippen LogP contribution in [0, 0.1) is 5.82 Å². The lowest BCUT2D eigenvalue weighted by atomic mass is 10.0. The molecule has 0 aliphatic carbocycles. The largest absolute Gasteiger partial charge is 0.497 e. The van der Waals surface area contributed by atoms with Crippen molar-refractivity contribution >= 4 is 21.5 Å². The van der Waals surface area contributed by atoms with E-state index in [-0.39, 0.29) is 47.5 Å². The number of hydrogen-bond acceptors (Lipinski definition) is 8. The quantitative estimate of drug-likeness (QED) is 0.541. The summed E-state index contributed by atoms with van der Waals surface area (Å²) in [6.07, 6.45) is 1.05. The van der Waals surface area contributed by atoms with Gasteiger partial charge in [0.05, 0.1) is 25.2 Å². The van der Waals surface area contributed by atoms with E-state index in [0.29, 0.717) is 0 Å². The number of benzene rings is 2. The zero-order chi connectivity index (χ0) is 22.3. The van der Waals surface area contributed by atoms with Gasteiger partial charge >= 0.3 is 5.97 Å². The van der Waals surface area contributed by atoms with Crippen molar-refractivity contribution in [2.75, 3.05) is 38.5 Å². The highest BCUT2D eigenvalue weighted by molar-refractivity contribution is 7.90. The Labute approximate surface area is 174 Å². The lowest BCUT2D eigenvalue weighted by molar-refractivity contribution is -0.144. The maximum Gasteiger partial charge on any atom is 0.333 e. The summed E-state index contributed by atoms with van der Waals surface area (Å²) in [5.74, 6) is -0.962. The van der Waals surface area contributed by atoms with Crippen molar-refractivity contribution in [3.63, 3.8) is 0 Å². The van der Waals surface area contributed by atoms with Crippen molar-refractivity contribution in [2.45, 2.75) is 17.9 Å². The van der Waals surface area contributed by atoms with Crippen LogP contribution in [0.15, 0.2) is 41.3 Å². The Morgan fingerprint density at radius 2 is 1.97 bits per heavy atom. The summed E-state index contributed by atoms with van der Waals surface area (Å²) in [5.41, 5.74) is 0.525. The standard InChI is InChI=1S/C20H24FNO7S/c1-4-28-20(24)19(17-6-5-13(21)9-18(17)29-8-7-23)22-14-10-15(27-2)12-16(11-14)30(3,25)26/h5-6,9-12,19,22-23H,4,7-8H2,1-3H3. The van der Waals surface area contributed by atoms with Gasteiger partial charge in [0.2, 0.25) is 0 Å². The average molecular weight is 441 g/mol. The molecule has 0 spiro atoms. The number of nitrogens with one attached hydrogen (secondary N) is 1. The van der Waals surface area contributed by atoms with Gasteiger partial charge in [-0.2, -0.15) is 0 Å². The molecular weight excluding hydrogens is 417 g/mol. The van der Waals surface area contributed by atoms with Crippen LogP contribution >= 0.6 is 0 Å². The molecule has 2 N–H and O–H groups in total. The molecule has 0 saturated heterocycles. The fourth-order valence-electron chi connectivity index (χ4n) is 2.67. The predicted octanol–water partition coefficient (Wildman–Crippen LogP) is 2.33. The van der Waals surface area contributed by atoms with E-state index in [1.807, 2.05) is 0 Å². The van der Waals surface area contributed by atoms with E-state index < -0.39 is 27.7 Å². The molecule has 0 aromatic heterocycles. The first-order chi connectivity index (χ1) is 14.2. The number of methoxy groups -OCH3 is 1. The smallest absolute Gasteiger partial charge is 0.333 e. The molecule has 10 heteroatoms. The molecule has 0 aliphatic rings. The zero-order valence-electron chi connectivity index (χ0n) is 16.8. The third-order valence-corrected chi connectivity index (χ3v) is 5.10. The molecule has 2 rings (SSSR count). The van der Waals surface area contributed by atoms with Gasteiger partial charge < -0.3 is 24.6 Å². The first-order valence-corrected chi connectivity index (χ1v) is 10.9. The maximum absolute atomic E-state index is 13.7. The van der Waals surface area contributed by atoms with Crippen molar-refractivity contribution in [2.24, 2.45) is 0 Å². The number of carbonyl (C=O) groups excluding carboxylic acids is 1. The second-order valence-electron chi connectivity index (χ2n) is 6.25. The third-order valence-electron chi connectivity index (χ3n) is 4.01. The summed E-state index contributed by atoms with van der Waals surface area (Å²) >= 11 is 0. The number of carbonyl (C=O) groups is 1. The number of esters is 1. The third kappa shape index (κ3) is 6.07. The molecule has 8 nitrogen and oxygen atoms in total. The van der Waals surface area contributed by atoms with Gasteiger partial charge in [0, 0.05) is 29.6 Å². The average Bonchev–Trinajstić information content (AvgIpc) is 2.70. The van der Waals surface area contributed by atoms with Crippen LogP contribution in [0.4, 0.5) is 10.1 Å². The minimum absolute atomic E-state index is 0.0113. The van der Waals surface area contributed by atoms with Crippen LogP contribution in [0.2, 0.25) is 0 Å². The molecule has 0 saturated carbocycles. The second kappa shape index (κ2) is 10.3. The molecule has 1 atom stereocenters.